The Morgan fingerprint density at radius 1 is 1.18 bits per heavy atom. The van der Waals surface area contributed by atoms with Crippen molar-refractivity contribution in [2.24, 2.45) is 0 Å². The van der Waals surface area contributed by atoms with Gasteiger partial charge in [-0.3, -0.25) is 4.79 Å². The number of hydrogen-bond acceptors (Lipinski definition) is 7. The summed E-state index contributed by atoms with van der Waals surface area (Å²) in [6.07, 6.45) is 0.122. The molecule has 146 valence electrons. The monoisotopic (exact) mass is 415 g/mol. The fourth-order valence-electron chi connectivity index (χ4n) is 2.46. The molecule has 0 saturated heterocycles. The van der Waals surface area contributed by atoms with Crippen molar-refractivity contribution in [1.82, 2.24) is 9.97 Å². The Labute approximate surface area is 171 Å². The van der Waals surface area contributed by atoms with E-state index in [2.05, 4.69) is 15.3 Å². The van der Waals surface area contributed by atoms with Crippen LogP contribution in [-0.4, -0.2) is 33.7 Å². The number of ether oxygens (including phenoxy) is 1. The van der Waals surface area contributed by atoms with E-state index in [9.17, 15) is 9.59 Å². The lowest BCUT2D eigenvalue weighted by Gasteiger charge is -2.05. The lowest BCUT2D eigenvalue weighted by atomic mass is 10.2. The van der Waals surface area contributed by atoms with Crippen LogP contribution in [0.4, 0.5) is 5.13 Å². The fourth-order valence-corrected chi connectivity index (χ4v) is 4.15. The SMILES string of the molecule is Cc1nc(NC(=O)CCSc2ccc3ccccc3n2)sc1C(=O)OC(C)C. The number of nitrogens with zero attached hydrogens (tertiary/aromatic N) is 2. The molecule has 2 heterocycles. The maximum atomic E-state index is 12.2. The van der Waals surface area contributed by atoms with Crippen LogP contribution in [0.2, 0.25) is 0 Å². The summed E-state index contributed by atoms with van der Waals surface area (Å²) in [4.78, 5) is 33.5. The molecule has 0 radical (unpaired) electrons. The molecule has 0 atom stereocenters. The van der Waals surface area contributed by atoms with Crippen LogP contribution in [0, 0.1) is 6.92 Å². The molecule has 0 unspecified atom stereocenters. The van der Waals surface area contributed by atoms with E-state index in [0.717, 1.165) is 27.3 Å². The summed E-state index contributed by atoms with van der Waals surface area (Å²) in [5.74, 6) is 0.0401. The van der Waals surface area contributed by atoms with Gasteiger partial charge >= 0.3 is 5.97 Å². The number of nitrogens with one attached hydrogen (secondary N) is 1. The van der Waals surface area contributed by atoms with Crippen molar-refractivity contribution in [3.05, 3.63) is 47.0 Å². The van der Waals surface area contributed by atoms with Crippen molar-refractivity contribution in [3.63, 3.8) is 0 Å². The Hall–Kier alpha value is -2.45. The first-order valence-electron chi connectivity index (χ1n) is 8.89. The van der Waals surface area contributed by atoms with Gasteiger partial charge < -0.3 is 10.1 Å². The van der Waals surface area contributed by atoms with E-state index in [1.165, 1.54) is 11.8 Å². The summed E-state index contributed by atoms with van der Waals surface area (Å²) in [5, 5.41) is 5.14. The first-order chi connectivity index (χ1) is 13.4. The smallest absolute Gasteiger partial charge is 0.350 e. The summed E-state index contributed by atoms with van der Waals surface area (Å²) in [5.41, 5.74) is 1.50. The van der Waals surface area contributed by atoms with Crippen LogP contribution < -0.4 is 5.32 Å². The van der Waals surface area contributed by atoms with Crippen molar-refractivity contribution < 1.29 is 14.3 Å². The fraction of sp³-hybridized carbons (Fsp3) is 0.300. The number of aryl methyl sites for hydroxylation is 1. The predicted octanol–water partition coefficient (Wildman–Crippen LogP) is 4.69. The Balaban J connectivity index is 1.52. The third-order valence-corrected chi connectivity index (χ3v) is 5.71. The van der Waals surface area contributed by atoms with Gasteiger partial charge in [0, 0.05) is 17.6 Å². The standard InChI is InChI=1S/C20H21N3O3S2/c1-12(2)26-19(25)18-13(3)21-20(28-18)23-16(24)10-11-27-17-9-8-14-6-4-5-7-15(14)22-17/h4-9,12H,10-11H2,1-3H3,(H,21,23,24). The first kappa shape index (κ1) is 20.3. The van der Waals surface area contributed by atoms with Crippen molar-refractivity contribution in [1.29, 1.82) is 0 Å². The Bertz CT molecular complexity index is 1000. The van der Waals surface area contributed by atoms with E-state index in [1.807, 2.05) is 36.4 Å². The molecule has 1 aromatic carbocycles. The number of fused-ring (bicyclic) bond motifs is 1. The molecule has 1 amide bonds. The molecule has 6 nitrogen and oxygen atoms in total. The van der Waals surface area contributed by atoms with Crippen LogP contribution in [0.5, 0.6) is 0 Å². The lowest BCUT2D eigenvalue weighted by molar-refractivity contribution is -0.115. The number of pyridine rings is 1. The van der Waals surface area contributed by atoms with Gasteiger partial charge in [-0.05, 0) is 32.9 Å². The predicted molar refractivity (Wildman–Crippen MR) is 113 cm³/mol. The highest BCUT2D eigenvalue weighted by atomic mass is 32.2. The topological polar surface area (TPSA) is 81.2 Å². The minimum absolute atomic E-state index is 0.147. The molecule has 0 aliphatic carbocycles. The van der Waals surface area contributed by atoms with Gasteiger partial charge in [0.05, 0.1) is 22.3 Å². The normalized spacial score (nSPS) is 11.0. The first-order valence-corrected chi connectivity index (χ1v) is 10.7. The van der Waals surface area contributed by atoms with Crippen molar-refractivity contribution in [3.8, 4) is 0 Å². The van der Waals surface area contributed by atoms with E-state index in [0.29, 0.717) is 27.9 Å². The zero-order valence-corrected chi connectivity index (χ0v) is 17.5. The second kappa shape index (κ2) is 9.16. The number of rotatable bonds is 7. The van der Waals surface area contributed by atoms with Gasteiger partial charge in [0.1, 0.15) is 4.88 Å². The summed E-state index contributed by atoms with van der Waals surface area (Å²) in [6, 6.07) is 11.9. The molecule has 0 aliphatic rings. The number of thioether (sulfide) groups is 1. The molecule has 0 aliphatic heterocycles. The van der Waals surface area contributed by atoms with Crippen molar-refractivity contribution in [2.75, 3.05) is 11.1 Å². The molecule has 1 N–H and O–H groups in total. The second-order valence-corrected chi connectivity index (χ2v) is 8.49. The van der Waals surface area contributed by atoms with Gasteiger partial charge in [0.2, 0.25) is 5.91 Å². The molecule has 28 heavy (non-hydrogen) atoms. The third kappa shape index (κ3) is 5.30. The Morgan fingerprint density at radius 2 is 1.96 bits per heavy atom. The molecular weight excluding hydrogens is 394 g/mol. The number of para-hydroxylation sites is 1. The molecule has 2 aromatic heterocycles. The van der Waals surface area contributed by atoms with Gasteiger partial charge in [0.15, 0.2) is 5.13 Å². The van der Waals surface area contributed by atoms with Gasteiger partial charge in [0.25, 0.3) is 0 Å². The highest BCUT2D eigenvalue weighted by molar-refractivity contribution is 7.99. The summed E-state index contributed by atoms with van der Waals surface area (Å²) in [7, 11) is 0. The minimum atomic E-state index is -0.413. The van der Waals surface area contributed by atoms with E-state index in [1.54, 1.807) is 20.8 Å². The Kier molecular flexibility index (Phi) is 6.64. The molecule has 8 heteroatoms. The minimum Gasteiger partial charge on any atom is -0.459 e. The van der Waals surface area contributed by atoms with E-state index < -0.39 is 5.97 Å². The highest BCUT2D eigenvalue weighted by Crippen LogP contribution is 2.25. The quantitative estimate of drug-likeness (QED) is 0.445. The number of carbonyl (C=O) groups is 2. The lowest BCUT2D eigenvalue weighted by Crippen LogP contribution is -2.12. The van der Waals surface area contributed by atoms with Crippen molar-refractivity contribution >= 4 is 51.0 Å². The third-order valence-electron chi connectivity index (χ3n) is 3.72. The van der Waals surface area contributed by atoms with Crippen LogP contribution in [0.15, 0.2) is 41.4 Å². The number of hydrogen-bond donors (Lipinski definition) is 1. The summed E-state index contributed by atoms with van der Waals surface area (Å²) >= 11 is 2.66. The molecule has 0 bridgehead atoms. The van der Waals surface area contributed by atoms with Gasteiger partial charge in [-0.1, -0.05) is 35.6 Å². The van der Waals surface area contributed by atoms with Crippen LogP contribution in [0.1, 0.15) is 35.6 Å². The highest BCUT2D eigenvalue weighted by Gasteiger charge is 2.18. The molecular formula is C20H21N3O3S2. The molecule has 3 rings (SSSR count). The summed E-state index contributed by atoms with van der Waals surface area (Å²) in [6.45, 7) is 5.31. The number of esters is 1. The van der Waals surface area contributed by atoms with Crippen molar-refractivity contribution in [2.45, 2.75) is 38.3 Å². The number of benzene rings is 1. The zero-order chi connectivity index (χ0) is 20.1. The average molecular weight is 416 g/mol. The van der Waals surface area contributed by atoms with Crippen LogP contribution >= 0.6 is 23.1 Å². The van der Waals surface area contributed by atoms with Gasteiger partial charge in [-0.2, -0.15) is 0 Å². The number of anilines is 1. The average Bonchev–Trinajstić information content (AvgIpc) is 3.01. The molecule has 0 fully saturated rings. The van der Waals surface area contributed by atoms with Crippen LogP contribution in [0.25, 0.3) is 10.9 Å². The molecule has 0 spiro atoms. The maximum absolute atomic E-state index is 12.2. The van der Waals surface area contributed by atoms with Gasteiger partial charge in [-0.15, -0.1) is 11.8 Å². The number of carbonyl (C=O) groups excluding carboxylic acids is 2. The van der Waals surface area contributed by atoms with Crippen LogP contribution in [-0.2, 0) is 9.53 Å². The van der Waals surface area contributed by atoms with E-state index in [4.69, 9.17) is 4.74 Å². The van der Waals surface area contributed by atoms with Crippen LogP contribution in [0.3, 0.4) is 0 Å². The van der Waals surface area contributed by atoms with E-state index >= 15 is 0 Å². The van der Waals surface area contributed by atoms with E-state index in [-0.39, 0.29) is 12.0 Å². The molecule has 0 saturated carbocycles. The summed E-state index contributed by atoms with van der Waals surface area (Å²) < 4.78 is 5.19. The number of thiazole rings is 1. The largest absolute Gasteiger partial charge is 0.459 e. The molecule has 3 aromatic rings. The second-order valence-electron chi connectivity index (χ2n) is 6.38. The Morgan fingerprint density at radius 3 is 2.75 bits per heavy atom. The number of aromatic nitrogens is 2. The maximum Gasteiger partial charge on any atom is 0.350 e. The number of amides is 1. The zero-order valence-electron chi connectivity index (χ0n) is 15.9. The van der Waals surface area contributed by atoms with Gasteiger partial charge in [-0.25, -0.2) is 14.8 Å².